The topological polar surface area (TPSA) is 109 Å². The van der Waals surface area contributed by atoms with E-state index in [-0.39, 0.29) is 23.0 Å². The summed E-state index contributed by atoms with van der Waals surface area (Å²) in [6.07, 6.45) is 0.315. The number of hydrogen-bond acceptors (Lipinski definition) is 7. The summed E-state index contributed by atoms with van der Waals surface area (Å²) in [4.78, 5) is 25.0. The predicted octanol–water partition coefficient (Wildman–Crippen LogP) is 5.62. The Morgan fingerprint density at radius 2 is 1.63 bits per heavy atom. The Morgan fingerprint density at radius 3 is 2.31 bits per heavy atom. The zero-order chi connectivity index (χ0) is 24.8. The molecule has 0 radical (unpaired) electrons. The molecule has 0 heterocycles. The zero-order valence-corrected chi connectivity index (χ0v) is 19.3. The molecule has 4 aromatic rings. The number of aromatic hydroxyl groups is 1. The minimum Gasteiger partial charge on any atom is -0.505 e. The van der Waals surface area contributed by atoms with Crippen molar-refractivity contribution in [1.29, 1.82) is 0 Å². The lowest BCUT2D eigenvalue weighted by Crippen LogP contribution is -2.36. The van der Waals surface area contributed by atoms with Gasteiger partial charge in [-0.1, -0.05) is 54.6 Å². The van der Waals surface area contributed by atoms with E-state index in [0.29, 0.717) is 34.4 Å². The molecule has 3 N–H and O–H groups in total. The van der Waals surface area contributed by atoms with Gasteiger partial charge in [0.15, 0.2) is 0 Å². The summed E-state index contributed by atoms with van der Waals surface area (Å²) < 4.78 is 10.7. The monoisotopic (exact) mass is 471 g/mol. The van der Waals surface area contributed by atoms with E-state index < -0.39 is 6.04 Å². The van der Waals surface area contributed by atoms with Crippen molar-refractivity contribution in [3.05, 3.63) is 89.3 Å². The van der Waals surface area contributed by atoms with Gasteiger partial charge in [0, 0.05) is 23.3 Å². The van der Waals surface area contributed by atoms with Gasteiger partial charge < -0.3 is 25.2 Å². The second-order valence-electron chi connectivity index (χ2n) is 7.87. The maximum absolute atomic E-state index is 13.5. The molecule has 1 atom stereocenters. The highest BCUT2D eigenvalue weighted by molar-refractivity contribution is 6.03. The minimum atomic E-state index is -0.806. The van der Waals surface area contributed by atoms with Gasteiger partial charge in [-0.25, -0.2) is 0 Å². The Kier molecular flexibility index (Phi) is 7.11. The van der Waals surface area contributed by atoms with Crippen LogP contribution >= 0.6 is 0 Å². The largest absolute Gasteiger partial charge is 0.505 e. The predicted molar refractivity (Wildman–Crippen MR) is 137 cm³/mol. The molecule has 4 aromatic carbocycles. The molecular weight excluding hydrogens is 446 g/mol. The van der Waals surface area contributed by atoms with E-state index in [1.165, 1.54) is 20.3 Å². The smallest absolute Gasteiger partial charge is 0.247 e. The number of nitroso groups, excluding NO2 is 1. The van der Waals surface area contributed by atoms with Crippen LogP contribution in [-0.4, -0.2) is 31.3 Å². The van der Waals surface area contributed by atoms with Gasteiger partial charge in [-0.05, 0) is 28.9 Å². The maximum atomic E-state index is 13.5. The van der Waals surface area contributed by atoms with Gasteiger partial charge in [-0.3, -0.25) is 4.79 Å². The number of carbonyl (C=O) groups excluding carboxylic acids is 1. The van der Waals surface area contributed by atoms with Crippen molar-refractivity contribution in [2.75, 3.05) is 24.9 Å². The van der Waals surface area contributed by atoms with Crippen LogP contribution < -0.4 is 20.1 Å². The first-order valence-electron chi connectivity index (χ1n) is 11.0. The third-order valence-electron chi connectivity index (χ3n) is 5.69. The minimum absolute atomic E-state index is 0.0715. The van der Waals surface area contributed by atoms with Crippen molar-refractivity contribution in [1.82, 2.24) is 0 Å². The van der Waals surface area contributed by atoms with Crippen LogP contribution in [0.2, 0.25) is 0 Å². The SMILES string of the molecule is COc1ccc(OC)c(NC(=O)C(Cc2ccccc2)Nc2cc(N=O)c3ccccc3c2O)c1. The van der Waals surface area contributed by atoms with Gasteiger partial charge in [0.05, 0.1) is 25.6 Å². The molecule has 4 rings (SSSR count). The highest BCUT2D eigenvalue weighted by Crippen LogP contribution is 2.39. The van der Waals surface area contributed by atoms with E-state index in [4.69, 9.17) is 9.47 Å². The number of anilines is 2. The quantitative estimate of drug-likeness (QED) is 0.216. The molecule has 0 saturated carbocycles. The molecule has 8 heteroatoms. The van der Waals surface area contributed by atoms with E-state index in [0.717, 1.165) is 5.56 Å². The third-order valence-corrected chi connectivity index (χ3v) is 5.69. The van der Waals surface area contributed by atoms with Crippen LogP contribution in [0, 0.1) is 4.91 Å². The Bertz CT molecular complexity index is 1360. The maximum Gasteiger partial charge on any atom is 0.247 e. The van der Waals surface area contributed by atoms with E-state index >= 15 is 0 Å². The fourth-order valence-corrected chi connectivity index (χ4v) is 3.90. The summed E-state index contributed by atoms with van der Waals surface area (Å²) >= 11 is 0. The Labute approximate surface area is 202 Å². The first-order valence-corrected chi connectivity index (χ1v) is 11.0. The number of nitrogens with zero attached hydrogens (tertiary/aromatic N) is 1. The summed E-state index contributed by atoms with van der Waals surface area (Å²) in [5, 5.41) is 21.0. The molecule has 1 amide bonds. The Morgan fingerprint density at radius 1 is 0.914 bits per heavy atom. The molecule has 0 aliphatic rings. The van der Waals surface area contributed by atoms with E-state index in [9.17, 15) is 14.8 Å². The van der Waals surface area contributed by atoms with Gasteiger partial charge in [-0.15, -0.1) is 4.91 Å². The number of benzene rings is 4. The molecule has 35 heavy (non-hydrogen) atoms. The van der Waals surface area contributed by atoms with Gasteiger partial charge in [0.1, 0.15) is 29.0 Å². The molecule has 1 unspecified atom stereocenters. The molecule has 178 valence electrons. The molecule has 0 aliphatic heterocycles. The normalized spacial score (nSPS) is 11.5. The van der Waals surface area contributed by atoms with Crippen molar-refractivity contribution in [3.8, 4) is 17.2 Å². The number of carbonyl (C=O) groups is 1. The number of fused-ring (bicyclic) bond motifs is 1. The highest BCUT2D eigenvalue weighted by Gasteiger charge is 2.23. The average molecular weight is 472 g/mol. The van der Waals surface area contributed by atoms with Crippen LogP contribution in [0.15, 0.2) is 84.0 Å². The first-order chi connectivity index (χ1) is 17.0. The summed E-state index contributed by atoms with van der Waals surface area (Å²) in [6.45, 7) is 0. The lowest BCUT2D eigenvalue weighted by atomic mass is 10.0. The number of hydrogen-bond donors (Lipinski definition) is 3. The fourth-order valence-electron chi connectivity index (χ4n) is 3.90. The lowest BCUT2D eigenvalue weighted by Gasteiger charge is -2.22. The van der Waals surface area contributed by atoms with Crippen LogP contribution in [0.1, 0.15) is 5.56 Å². The van der Waals surface area contributed by atoms with Crippen molar-refractivity contribution >= 4 is 33.7 Å². The number of methoxy groups -OCH3 is 2. The zero-order valence-electron chi connectivity index (χ0n) is 19.3. The molecule has 0 aromatic heterocycles. The Balaban J connectivity index is 1.71. The van der Waals surface area contributed by atoms with E-state index in [1.807, 2.05) is 30.3 Å². The van der Waals surface area contributed by atoms with Crippen molar-refractivity contribution in [2.24, 2.45) is 5.18 Å². The van der Waals surface area contributed by atoms with Gasteiger partial charge in [-0.2, -0.15) is 0 Å². The van der Waals surface area contributed by atoms with E-state index in [1.54, 1.807) is 42.5 Å². The summed E-state index contributed by atoms with van der Waals surface area (Å²) in [5.41, 5.74) is 1.74. The first kappa shape index (κ1) is 23.6. The lowest BCUT2D eigenvalue weighted by molar-refractivity contribution is -0.116. The van der Waals surface area contributed by atoms with Crippen LogP contribution in [0.25, 0.3) is 10.8 Å². The summed E-state index contributed by atoms with van der Waals surface area (Å²) in [5.74, 6) is 0.590. The van der Waals surface area contributed by atoms with Gasteiger partial charge in [0.25, 0.3) is 0 Å². The summed E-state index contributed by atoms with van der Waals surface area (Å²) in [6, 6.07) is 22.1. The van der Waals surface area contributed by atoms with Crippen LogP contribution in [0.3, 0.4) is 0 Å². The number of phenolic OH excluding ortho intramolecular Hbond substituents is 1. The van der Waals surface area contributed by atoms with Crippen molar-refractivity contribution in [2.45, 2.75) is 12.5 Å². The third kappa shape index (κ3) is 5.16. The number of nitrogens with one attached hydrogen (secondary N) is 2. The molecule has 8 nitrogen and oxygen atoms in total. The molecular formula is C27H25N3O5. The molecule has 0 spiro atoms. The number of ether oxygens (including phenoxy) is 2. The van der Waals surface area contributed by atoms with Crippen LogP contribution in [0.4, 0.5) is 17.1 Å². The molecule has 0 aliphatic carbocycles. The Hall–Kier alpha value is -4.59. The van der Waals surface area contributed by atoms with Crippen molar-refractivity contribution < 1.29 is 19.4 Å². The average Bonchev–Trinajstić information content (AvgIpc) is 2.90. The highest BCUT2D eigenvalue weighted by atomic mass is 16.5. The van der Waals surface area contributed by atoms with Crippen LogP contribution in [0.5, 0.6) is 17.2 Å². The summed E-state index contributed by atoms with van der Waals surface area (Å²) in [7, 11) is 3.05. The molecule has 0 saturated heterocycles. The second-order valence-corrected chi connectivity index (χ2v) is 7.87. The van der Waals surface area contributed by atoms with E-state index in [2.05, 4.69) is 15.8 Å². The second kappa shape index (κ2) is 10.6. The molecule has 0 fully saturated rings. The molecule has 0 bridgehead atoms. The van der Waals surface area contributed by atoms with Crippen molar-refractivity contribution in [3.63, 3.8) is 0 Å². The van der Waals surface area contributed by atoms with Gasteiger partial charge >= 0.3 is 0 Å². The van der Waals surface area contributed by atoms with Crippen LogP contribution in [-0.2, 0) is 11.2 Å². The fraction of sp³-hybridized carbons (Fsp3) is 0.148. The standard InChI is InChI=1S/C27H25N3O5/c1-34-18-12-13-25(35-2)22(15-18)29-27(32)24(14-17-8-4-3-5-9-17)28-23-16-21(30-33)19-10-6-7-11-20(19)26(23)31/h3-13,15-16,24,28,31H,14H2,1-2H3,(H,29,32). The van der Waals surface area contributed by atoms with Gasteiger partial charge in [0.2, 0.25) is 5.91 Å². The number of rotatable bonds is 9. The number of amides is 1. The number of phenols is 1.